The molecule has 0 radical (unpaired) electrons. The molecule has 7 aromatic carbocycles. The number of benzene rings is 7. The van der Waals surface area contributed by atoms with Gasteiger partial charge in [0.1, 0.15) is 36.9 Å². The Morgan fingerprint density at radius 2 is 0.922 bits per heavy atom. The second-order valence-electron chi connectivity index (χ2n) is 12.4. The molecule has 0 saturated carbocycles. The molecule has 0 aliphatic carbocycles. The van der Waals surface area contributed by atoms with Gasteiger partial charge in [-0.3, -0.25) is 0 Å². The summed E-state index contributed by atoms with van der Waals surface area (Å²) >= 11 is 6.55. The van der Waals surface area contributed by atoms with Crippen molar-refractivity contribution in [2.24, 2.45) is 0 Å². The van der Waals surface area contributed by atoms with Crippen molar-refractivity contribution in [2.45, 2.75) is 38.9 Å². The smallest absolute Gasteiger partial charge is 0.339 e. The first-order valence-electron chi connectivity index (χ1n) is 17.2. The van der Waals surface area contributed by atoms with Gasteiger partial charge in [-0.2, -0.15) is 0 Å². The number of ether oxygens (including phenoxy) is 4. The Morgan fingerprint density at radius 3 is 1.41 bits per heavy atom. The molecule has 0 aromatic heterocycles. The number of hydrogen-bond acceptors (Lipinski definition) is 6. The third-order valence-electron chi connectivity index (χ3n) is 9.19. The van der Waals surface area contributed by atoms with Gasteiger partial charge in [-0.15, -0.1) is 0 Å². The molecule has 0 saturated heterocycles. The molecule has 0 heterocycles. The van der Waals surface area contributed by atoms with E-state index in [0.29, 0.717) is 40.5 Å². The number of hydrogen-bond donors (Lipinski definition) is 0. The molecule has 51 heavy (non-hydrogen) atoms. The van der Waals surface area contributed by atoms with Gasteiger partial charge in [0.15, 0.2) is 0 Å². The highest BCUT2D eigenvalue weighted by molar-refractivity contribution is 6.31. The van der Waals surface area contributed by atoms with Crippen LogP contribution in [0, 0.1) is 0 Å². The summed E-state index contributed by atoms with van der Waals surface area (Å²) in [5.41, 5.74) is 1.04. The summed E-state index contributed by atoms with van der Waals surface area (Å²) < 4.78 is 25.1. The standard InChI is InChI=1S/C44H37ClO6/c1-3-31(50-43(46)38-21-11-15-28-13-5-7-17-33(28)38)26-48-41-35-19-9-10-20-36(35)42(40-25-30(45)23-24-37(40)41)49-27-32(4-2)51-44(47)39-22-12-16-29-14-6-8-18-34(29)39/h5-25,31-32H,3-4,26-27H2,1-2H3. The zero-order valence-corrected chi connectivity index (χ0v) is 29.2. The molecule has 7 heteroatoms. The Morgan fingerprint density at radius 1 is 0.510 bits per heavy atom. The molecule has 0 N–H and O–H groups in total. The lowest BCUT2D eigenvalue weighted by Crippen LogP contribution is -2.25. The SMILES string of the molecule is CCC(COc1c2ccccc2c(OCC(CC)OC(=O)c2cccc3ccccc23)c2cc(Cl)ccc12)OC(=O)c1cccc2ccccc12. The van der Waals surface area contributed by atoms with E-state index in [1.165, 1.54) is 0 Å². The minimum Gasteiger partial charge on any atom is -0.488 e. The van der Waals surface area contributed by atoms with Crippen LogP contribution in [0.25, 0.3) is 43.1 Å². The van der Waals surface area contributed by atoms with E-state index < -0.39 is 18.2 Å². The number of halogens is 1. The predicted octanol–water partition coefficient (Wildman–Crippen LogP) is 11.0. The number of rotatable bonds is 12. The van der Waals surface area contributed by atoms with Crippen molar-refractivity contribution < 1.29 is 28.5 Å². The fraction of sp³-hybridized carbons (Fsp3) is 0.182. The molecule has 256 valence electrons. The van der Waals surface area contributed by atoms with Crippen LogP contribution in [0.4, 0.5) is 0 Å². The van der Waals surface area contributed by atoms with E-state index in [4.69, 9.17) is 30.5 Å². The summed E-state index contributed by atoms with van der Waals surface area (Å²) in [5, 5.41) is 7.38. The molecule has 0 aliphatic heterocycles. The van der Waals surface area contributed by atoms with Gasteiger partial charge in [0.05, 0.1) is 11.1 Å². The Labute approximate surface area is 301 Å². The van der Waals surface area contributed by atoms with Crippen LogP contribution in [0.2, 0.25) is 5.02 Å². The Kier molecular flexibility index (Phi) is 10.0. The van der Waals surface area contributed by atoms with Gasteiger partial charge in [0, 0.05) is 26.6 Å². The van der Waals surface area contributed by atoms with E-state index >= 15 is 0 Å². The summed E-state index contributed by atoms with van der Waals surface area (Å²) in [5.74, 6) is 0.470. The van der Waals surface area contributed by atoms with Gasteiger partial charge in [0.2, 0.25) is 0 Å². The van der Waals surface area contributed by atoms with E-state index in [0.717, 1.165) is 43.1 Å². The molecule has 0 bridgehead atoms. The summed E-state index contributed by atoms with van der Waals surface area (Å²) in [7, 11) is 0. The number of fused-ring (bicyclic) bond motifs is 4. The maximum absolute atomic E-state index is 13.4. The Balaban J connectivity index is 1.14. The molecule has 0 aliphatic rings. The summed E-state index contributed by atoms with van der Waals surface area (Å²) in [4.78, 5) is 26.7. The first-order chi connectivity index (χ1) is 24.9. The first-order valence-corrected chi connectivity index (χ1v) is 17.6. The average molecular weight is 697 g/mol. The number of carbonyl (C=O) groups excluding carboxylic acids is 2. The van der Waals surface area contributed by atoms with Gasteiger partial charge < -0.3 is 18.9 Å². The van der Waals surface area contributed by atoms with Crippen LogP contribution in [-0.2, 0) is 9.47 Å². The normalized spacial score (nSPS) is 12.5. The van der Waals surface area contributed by atoms with Crippen molar-refractivity contribution in [1.82, 2.24) is 0 Å². The minimum absolute atomic E-state index is 0.140. The zero-order chi connectivity index (χ0) is 35.3. The zero-order valence-electron chi connectivity index (χ0n) is 28.4. The van der Waals surface area contributed by atoms with Gasteiger partial charge in [-0.1, -0.05) is 123 Å². The lowest BCUT2D eigenvalue weighted by Gasteiger charge is -2.22. The third-order valence-corrected chi connectivity index (χ3v) is 9.43. The monoisotopic (exact) mass is 696 g/mol. The highest BCUT2D eigenvalue weighted by atomic mass is 35.5. The fourth-order valence-electron chi connectivity index (χ4n) is 6.44. The van der Waals surface area contributed by atoms with Crippen LogP contribution >= 0.6 is 11.6 Å². The van der Waals surface area contributed by atoms with Gasteiger partial charge in [-0.25, -0.2) is 9.59 Å². The number of carbonyl (C=O) groups is 2. The maximum atomic E-state index is 13.4. The summed E-state index contributed by atoms with van der Waals surface area (Å²) in [6, 6.07) is 40.2. The Bertz CT molecular complexity index is 2370. The molecule has 2 atom stereocenters. The maximum Gasteiger partial charge on any atom is 0.339 e. The molecular weight excluding hydrogens is 660 g/mol. The fourth-order valence-corrected chi connectivity index (χ4v) is 6.61. The van der Waals surface area contributed by atoms with E-state index in [1.54, 1.807) is 12.1 Å². The van der Waals surface area contributed by atoms with Gasteiger partial charge in [0.25, 0.3) is 0 Å². The van der Waals surface area contributed by atoms with Crippen molar-refractivity contribution >= 4 is 66.6 Å². The molecule has 0 fully saturated rings. The van der Waals surface area contributed by atoms with Crippen LogP contribution in [-0.4, -0.2) is 37.4 Å². The molecule has 2 unspecified atom stereocenters. The molecule has 0 amide bonds. The molecule has 7 rings (SSSR count). The van der Waals surface area contributed by atoms with Gasteiger partial charge in [-0.05, 0) is 64.7 Å². The van der Waals surface area contributed by atoms with E-state index in [9.17, 15) is 9.59 Å². The second-order valence-corrected chi connectivity index (χ2v) is 12.9. The Hall–Kier alpha value is -5.59. The van der Waals surface area contributed by atoms with Crippen molar-refractivity contribution in [3.63, 3.8) is 0 Å². The largest absolute Gasteiger partial charge is 0.488 e. The van der Waals surface area contributed by atoms with Crippen LogP contribution in [0.15, 0.2) is 127 Å². The lowest BCUT2D eigenvalue weighted by molar-refractivity contribution is 0.0161. The summed E-state index contributed by atoms with van der Waals surface area (Å²) in [6.07, 6.45) is 0.136. The van der Waals surface area contributed by atoms with E-state index in [1.807, 2.05) is 129 Å². The highest BCUT2D eigenvalue weighted by Crippen LogP contribution is 2.44. The highest BCUT2D eigenvalue weighted by Gasteiger charge is 2.23. The molecular formula is C44H37ClO6. The predicted molar refractivity (Wildman–Crippen MR) is 204 cm³/mol. The van der Waals surface area contributed by atoms with Crippen LogP contribution < -0.4 is 9.47 Å². The molecule has 6 nitrogen and oxygen atoms in total. The van der Waals surface area contributed by atoms with E-state index in [2.05, 4.69) is 0 Å². The van der Waals surface area contributed by atoms with Crippen molar-refractivity contribution in [3.05, 3.63) is 144 Å². The molecule has 7 aromatic rings. The van der Waals surface area contributed by atoms with Crippen molar-refractivity contribution in [3.8, 4) is 11.5 Å². The second kappa shape index (κ2) is 15.1. The number of esters is 2. The van der Waals surface area contributed by atoms with Gasteiger partial charge >= 0.3 is 11.9 Å². The summed E-state index contributed by atoms with van der Waals surface area (Å²) in [6.45, 7) is 4.22. The lowest BCUT2D eigenvalue weighted by atomic mass is 10.0. The van der Waals surface area contributed by atoms with Crippen LogP contribution in [0.1, 0.15) is 47.4 Å². The first kappa shape index (κ1) is 33.9. The van der Waals surface area contributed by atoms with Crippen LogP contribution in [0.5, 0.6) is 11.5 Å². The molecule has 0 spiro atoms. The quantitative estimate of drug-likeness (QED) is 0.0935. The van der Waals surface area contributed by atoms with E-state index in [-0.39, 0.29) is 19.2 Å². The van der Waals surface area contributed by atoms with Crippen molar-refractivity contribution in [1.29, 1.82) is 0 Å². The topological polar surface area (TPSA) is 71.1 Å². The van der Waals surface area contributed by atoms with Crippen molar-refractivity contribution in [2.75, 3.05) is 13.2 Å². The minimum atomic E-state index is -0.498. The third kappa shape index (κ3) is 7.05. The van der Waals surface area contributed by atoms with Crippen LogP contribution in [0.3, 0.4) is 0 Å². The average Bonchev–Trinajstić information content (AvgIpc) is 3.17.